The van der Waals surface area contributed by atoms with E-state index in [1.165, 1.54) is 12.7 Å². The maximum absolute atomic E-state index is 13.3. The maximum atomic E-state index is 13.3. The minimum absolute atomic E-state index is 0.0524. The van der Waals surface area contributed by atoms with Gasteiger partial charge in [0.05, 0.1) is 24.2 Å². The van der Waals surface area contributed by atoms with E-state index >= 15 is 0 Å². The number of methoxy groups -OCH3 is 1. The summed E-state index contributed by atoms with van der Waals surface area (Å²) in [7, 11) is 1.32. The quantitative estimate of drug-likeness (QED) is 0.208. The second kappa shape index (κ2) is 11.7. The molecule has 1 N–H and O–H groups in total. The zero-order valence-corrected chi connectivity index (χ0v) is 22.3. The zero-order chi connectivity index (χ0) is 27.4. The van der Waals surface area contributed by atoms with Gasteiger partial charge < -0.3 is 10.1 Å². The summed E-state index contributed by atoms with van der Waals surface area (Å²) < 4.78 is 4.68. The molecule has 4 aromatic rings. The minimum atomic E-state index is -0.374. The van der Waals surface area contributed by atoms with Crippen molar-refractivity contribution in [1.82, 2.24) is 15.3 Å². The first-order valence-corrected chi connectivity index (χ1v) is 13.4. The maximum Gasteiger partial charge on any atom is 0.305 e. The van der Waals surface area contributed by atoms with Crippen LogP contribution >= 0.6 is 11.6 Å². The molecule has 0 radical (unpaired) electrons. The third-order valence-electron chi connectivity index (χ3n) is 7.00. The number of amides is 1. The number of carbonyl (C=O) groups is 3. The number of rotatable bonds is 8. The van der Waals surface area contributed by atoms with Crippen LogP contribution in [-0.4, -0.2) is 34.7 Å². The number of Topliss-reactive ketones (excluding diaryl/α,β-unsaturated/α-hetero) is 1. The third-order valence-corrected chi connectivity index (χ3v) is 7.25. The average Bonchev–Trinajstić information content (AvgIpc) is 2.96. The molecule has 5 rings (SSSR count). The highest BCUT2D eigenvalue weighted by Gasteiger charge is 2.23. The van der Waals surface area contributed by atoms with Crippen molar-refractivity contribution in [2.24, 2.45) is 0 Å². The standard InChI is InChI=1S/C31H28ClN3O4/c1-39-28(37)11-5-10-27(36)30-29(20-12-15-22(32)16-13-20)33-25-17-14-21(18-26(25)34-30)31(38)35-24-9-4-7-19-6-2-3-8-23(19)24/h2-3,6,8,12-18,24H,4-5,7,9-11H2,1H3,(H,35,38). The number of aryl methyl sites for hydroxylation is 1. The molecule has 1 aromatic heterocycles. The van der Waals surface area contributed by atoms with Gasteiger partial charge in [-0.05, 0) is 67.1 Å². The van der Waals surface area contributed by atoms with Crippen molar-refractivity contribution < 1.29 is 19.1 Å². The molecule has 7 nitrogen and oxygen atoms in total. The highest BCUT2D eigenvalue weighted by atomic mass is 35.5. The highest BCUT2D eigenvalue weighted by molar-refractivity contribution is 6.30. The Labute approximate surface area is 231 Å². The lowest BCUT2D eigenvalue weighted by Gasteiger charge is -2.26. The number of esters is 1. The summed E-state index contributed by atoms with van der Waals surface area (Å²) in [5.41, 5.74) is 5.19. The number of hydrogen-bond donors (Lipinski definition) is 1. The fourth-order valence-electron chi connectivity index (χ4n) is 4.96. The molecular weight excluding hydrogens is 514 g/mol. The number of halogens is 1. The summed E-state index contributed by atoms with van der Waals surface area (Å²) >= 11 is 6.07. The second-order valence-electron chi connectivity index (χ2n) is 9.60. The van der Waals surface area contributed by atoms with E-state index < -0.39 is 0 Å². The van der Waals surface area contributed by atoms with E-state index in [1.807, 2.05) is 12.1 Å². The number of hydrogen-bond acceptors (Lipinski definition) is 6. The summed E-state index contributed by atoms with van der Waals surface area (Å²) in [6.07, 6.45) is 3.48. The first-order valence-electron chi connectivity index (χ1n) is 13.0. The molecule has 3 aromatic carbocycles. The van der Waals surface area contributed by atoms with Crippen LogP contribution in [0.5, 0.6) is 0 Å². The van der Waals surface area contributed by atoms with Gasteiger partial charge in [-0.15, -0.1) is 0 Å². The number of nitrogens with zero attached hydrogens (tertiary/aromatic N) is 2. The number of ketones is 1. The van der Waals surface area contributed by atoms with Gasteiger partial charge in [0.1, 0.15) is 11.4 Å². The van der Waals surface area contributed by atoms with Gasteiger partial charge in [-0.2, -0.15) is 0 Å². The number of aromatic nitrogens is 2. The molecule has 1 aliphatic carbocycles. The Kier molecular flexibility index (Phi) is 7.98. The SMILES string of the molecule is COC(=O)CCCC(=O)c1nc2cc(C(=O)NC3CCCc4ccccc43)ccc2nc1-c1ccc(Cl)cc1. The Hall–Kier alpha value is -4.10. The second-order valence-corrected chi connectivity index (χ2v) is 10.0. The van der Waals surface area contributed by atoms with E-state index in [0.29, 0.717) is 39.3 Å². The van der Waals surface area contributed by atoms with Crippen LogP contribution in [0.25, 0.3) is 22.3 Å². The van der Waals surface area contributed by atoms with Gasteiger partial charge in [-0.1, -0.05) is 48.0 Å². The van der Waals surface area contributed by atoms with Crippen molar-refractivity contribution in [2.75, 3.05) is 7.11 Å². The highest BCUT2D eigenvalue weighted by Crippen LogP contribution is 2.30. The molecule has 39 heavy (non-hydrogen) atoms. The van der Waals surface area contributed by atoms with Crippen LogP contribution in [0.3, 0.4) is 0 Å². The van der Waals surface area contributed by atoms with Crippen LogP contribution in [-0.2, 0) is 16.0 Å². The summed E-state index contributed by atoms with van der Waals surface area (Å²) in [4.78, 5) is 47.5. The minimum Gasteiger partial charge on any atom is -0.469 e. The van der Waals surface area contributed by atoms with Crippen LogP contribution in [0.15, 0.2) is 66.7 Å². The van der Waals surface area contributed by atoms with Gasteiger partial charge in [0, 0.05) is 29.0 Å². The van der Waals surface area contributed by atoms with Crippen LogP contribution in [0.2, 0.25) is 5.02 Å². The normalized spacial score (nSPS) is 14.5. The third kappa shape index (κ3) is 5.99. The van der Waals surface area contributed by atoms with Crippen molar-refractivity contribution >= 4 is 40.3 Å². The molecule has 1 unspecified atom stereocenters. The predicted octanol–water partition coefficient (Wildman–Crippen LogP) is 6.28. The number of fused-ring (bicyclic) bond motifs is 2. The van der Waals surface area contributed by atoms with Gasteiger partial charge in [-0.3, -0.25) is 14.4 Å². The fraction of sp³-hybridized carbons (Fsp3) is 0.258. The van der Waals surface area contributed by atoms with Crippen molar-refractivity contribution in [3.05, 3.63) is 94.1 Å². The van der Waals surface area contributed by atoms with Crippen LogP contribution in [0.1, 0.15) is 70.1 Å². The van der Waals surface area contributed by atoms with Crippen molar-refractivity contribution in [3.8, 4) is 11.3 Å². The van der Waals surface area contributed by atoms with Gasteiger partial charge >= 0.3 is 5.97 Å². The molecule has 1 amide bonds. The number of carbonyl (C=O) groups excluding carboxylic acids is 3. The van der Waals surface area contributed by atoms with Crippen molar-refractivity contribution in [1.29, 1.82) is 0 Å². The molecular formula is C31H28ClN3O4. The number of benzene rings is 3. The molecule has 0 fully saturated rings. The fourth-order valence-corrected chi connectivity index (χ4v) is 5.08. The molecule has 1 atom stereocenters. The number of ether oxygens (including phenoxy) is 1. The molecule has 0 bridgehead atoms. The number of nitrogens with one attached hydrogen (secondary N) is 1. The topological polar surface area (TPSA) is 98.3 Å². The summed E-state index contributed by atoms with van der Waals surface area (Å²) in [5, 5.41) is 3.73. The lowest BCUT2D eigenvalue weighted by molar-refractivity contribution is -0.140. The van der Waals surface area contributed by atoms with E-state index in [4.69, 9.17) is 16.6 Å². The smallest absolute Gasteiger partial charge is 0.305 e. The molecule has 0 saturated heterocycles. The first kappa shape index (κ1) is 26.5. The monoisotopic (exact) mass is 541 g/mol. The first-order chi connectivity index (χ1) is 18.9. The van der Waals surface area contributed by atoms with Crippen LogP contribution in [0, 0.1) is 0 Å². The Morgan fingerprint density at radius 2 is 1.77 bits per heavy atom. The molecule has 8 heteroatoms. The van der Waals surface area contributed by atoms with Crippen LogP contribution < -0.4 is 5.32 Å². The van der Waals surface area contributed by atoms with Crippen LogP contribution in [0.4, 0.5) is 0 Å². The average molecular weight is 542 g/mol. The predicted molar refractivity (Wildman–Crippen MR) is 150 cm³/mol. The Bertz CT molecular complexity index is 1550. The molecule has 0 spiro atoms. The van der Waals surface area contributed by atoms with E-state index in [2.05, 4.69) is 27.2 Å². The van der Waals surface area contributed by atoms with Gasteiger partial charge in [0.25, 0.3) is 5.91 Å². The van der Waals surface area contributed by atoms with Gasteiger partial charge in [0.2, 0.25) is 0 Å². The summed E-state index contributed by atoms with van der Waals surface area (Å²) in [5.74, 6) is -0.818. The Morgan fingerprint density at radius 3 is 2.56 bits per heavy atom. The Morgan fingerprint density at radius 1 is 0.974 bits per heavy atom. The largest absolute Gasteiger partial charge is 0.469 e. The Balaban J connectivity index is 1.46. The zero-order valence-electron chi connectivity index (χ0n) is 21.6. The molecule has 1 aliphatic rings. The molecule has 0 aliphatic heterocycles. The summed E-state index contributed by atoms with van der Waals surface area (Å²) in [6.45, 7) is 0. The van der Waals surface area contributed by atoms with Crippen molar-refractivity contribution in [2.45, 2.75) is 44.6 Å². The van der Waals surface area contributed by atoms with Crippen molar-refractivity contribution in [3.63, 3.8) is 0 Å². The van der Waals surface area contributed by atoms with Gasteiger partial charge in [-0.25, -0.2) is 9.97 Å². The van der Waals surface area contributed by atoms with E-state index in [1.54, 1.807) is 42.5 Å². The molecule has 0 saturated carbocycles. The van der Waals surface area contributed by atoms with E-state index in [0.717, 1.165) is 24.8 Å². The van der Waals surface area contributed by atoms with E-state index in [9.17, 15) is 14.4 Å². The van der Waals surface area contributed by atoms with Gasteiger partial charge in [0.15, 0.2) is 5.78 Å². The van der Waals surface area contributed by atoms with E-state index in [-0.39, 0.29) is 42.2 Å². The lowest BCUT2D eigenvalue weighted by atomic mass is 9.87. The molecule has 1 heterocycles. The lowest BCUT2D eigenvalue weighted by Crippen LogP contribution is -2.31. The summed E-state index contributed by atoms with van der Waals surface area (Å²) in [6, 6.07) is 20.3. The molecule has 198 valence electrons.